The molecule has 0 saturated carbocycles. The molecule has 0 bridgehead atoms. The number of hydrogen-bond acceptors (Lipinski definition) is 4. The summed E-state index contributed by atoms with van der Waals surface area (Å²) < 4.78 is 5.28. The minimum atomic E-state index is 0.0195. The van der Waals surface area contributed by atoms with Crippen LogP contribution in [0.1, 0.15) is 18.4 Å². The number of rotatable bonds is 6. The van der Waals surface area contributed by atoms with Gasteiger partial charge in [0.2, 0.25) is 5.91 Å². The molecule has 3 rings (SSSR count). The minimum absolute atomic E-state index is 0.0195. The first kappa shape index (κ1) is 17.7. The molecule has 1 saturated heterocycles. The number of anilines is 2. The number of halogens is 1. The summed E-state index contributed by atoms with van der Waals surface area (Å²) >= 11 is 5.98. The third-order valence-corrected chi connectivity index (χ3v) is 4.47. The van der Waals surface area contributed by atoms with Crippen molar-refractivity contribution in [2.75, 3.05) is 30.4 Å². The third kappa shape index (κ3) is 5.44. The average molecular weight is 360 g/mol. The highest BCUT2D eigenvalue weighted by molar-refractivity contribution is 6.30. The molecule has 0 unspecified atom stereocenters. The van der Waals surface area contributed by atoms with Crippen LogP contribution in [-0.4, -0.2) is 30.6 Å². The topological polar surface area (TPSA) is 63.2 Å². The number of pyridine rings is 1. The summed E-state index contributed by atoms with van der Waals surface area (Å²) in [6.07, 6.45) is 4.16. The summed E-state index contributed by atoms with van der Waals surface area (Å²) in [5.41, 5.74) is 2.11. The number of benzene rings is 1. The number of amides is 1. The summed E-state index contributed by atoms with van der Waals surface area (Å²) in [6.45, 7) is 2.10. The summed E-state index contributed by atoms with van der Waals surface area (Å²) in [6, 6.07) is 11.6. The Morgan fingerprint density at radius 2 is 2.08 bits per heavy atom. The van der Waals surface area contributed by atoms with E-state index in [1.807, 2.05) is 30.3 Å². The first-order chi connectivity index (χ1) is 12.2. The fourth-order valence-electron chi connectivity index (χ4n) is 2.80. The molecule has 0 atom stereocenters. The van der Waals surface area contributed by atoms with Crippen molar-refractivity contribution in [3.05, 3.63) is 53.2 Å². The largest absolute Gasteiger partial charge is 0.383 e. The van der Waals surface area contributed by atoms with Crippen molar-refractivity contribution < 1.29 is 9.53 Å². The molecule has 1 aromatic carbocycles. The van der Waals surface area contributed by atoms with Gasteiger partial charge >= 0.3 is 0 Å². The maximum Gasteiger partial charge on any atom is 0.228 e. The molecule has 2 N–H and O–H groups in total. The number of nitrogens with one attached hydrogen (secondary N) is 2. The zero-order valence-corrected chi connectivity index (χ0v) is 14.8. The monoisotopic (exact) mass is 359 g/mol. The molecule has 1 aliphatic rings. The van der Waals surface area contributed by atoms with Gasteiger partial charge in [0.05, 0.1) is 11.9 Å². The Labute approximate surface area is 152 Å². The van der Waals surface area contributed by atoms with E-state index in [0.717, 1.165) is 36.5 Å². The van der Waals surface area contributed by atoms with E-state index in [0.29, 0.717) is 19.0 Å². The number of ether oxygens (including phenoxy) is 1. The van der Waals surface area contributed by atoms with Crippen LogP contribution in [0.5, 0.6) is 0 Å². The molecular formula is C19H22ClN3O2. The second-order valence-electron chi connectivity index (χ2n) is 6.11. The van der Waals surface area contributed by atoms with Gasteiger partial charge in [0.1, 0.15) is 5.82 Å². The van der Waals surface area contributed by atoms with E-state index < -0.39 is 0 Å². The molecule has 2 aromatic rings. The van der Waals surface area contributed by atoms with E-state index in [4.69, 9.17) is 16.3 Å². The van der Waals surface area contributed by atoms with Crippen molar-refractivity contribution in [2.45, 2.75) is 19.3 Å². The lowest BCUT2D eigenvalue weighted by molar-refractivity contribution is -0.122. The molecule has 1 fully saturated rings. The van der Waals surface area contributed by atoms with E-state index in [1.165, 1.54) is 5.56 Å². The number of hydrogen-bond donors (Lipinski definition) is 2. The highest BCUT2D eigenvalue weighted by Crippen LogP contribution is 2.18. The van der Waals surface area contributed by atoms with E-state index in [-0.39, 0.29) is 11.8 Å². The Kier molecular flexibility index (Phi) is 6.25. The predicted octanol–water partition coefficient (Wildman–Crippen LogP) is 3.75. The summed E-state index contributed by atoms with van der Waals surface area (Å²) in [7, 11) is 0. The molecule has 25 heavy (non-hydrogen) atoms. The van der Waals surface area contributed by atoms with Crippen molar-refractivity contribution in [1.82, 2.24) is 4.98 Å². The Balaban J connectivity index is 1.46. The van der Waals surface area contributed by atoms with Crippen LogP contribution in [0.15, 0.2) is 42.6 Å². The van der Waals surface area contributed by atoms with Gasteiger partial charge in [-0.3, -0.25) is 4.79 Å². The number of nitrogens with zero attached hydrogens (tertiary/aromatic N) is 1. The van der Waals surface area contributed by atoms with Gasteiger partial charge in [-0.15, -0.1) is 0 Å². The molecule has 0 radical (unpaired) electrons. The number of carbonyl (C=O) groups is 1. The van der Waals surface area contributed by atoms with Crippen molar-refractivity contribution in [3.8, 4) is 0 Å². The maximum atomic E-state index is 12.2. The first-order valence-corrected chi connectivity index (χ1v) is 8.91. The van der Waals surface area contributed by atoms with Crippen molar-refractivity contribution in [1.29, 1.82) is 0 Å². The predicted molar refractivity (Wildman–Crippen MR) is 100 cm³/mol. The molecule has 2 heterocycles. The molecule has 1 aromatic heterocycles. The SMILES string of the molecule is O=C(Nc1ccc(NCCc2cccc(Cl)c2)cn1)C1CCOCC1. The van der Waals surface area contributed by atoms with Gasteiger partial charge in [0, 0.05) is 30.7 Å². The highest BCUT2D eigenvalue weighted by atomic mass is 35.5. The Morgan fingerprint density at radius 3 is 2.80 bits per heavy atom. The van der Waals surface area contributed by atoms with Crippen LogP contribution < -0.4 is 10.6 Å². The fraction of sp³-hybridized carbons (Fsp3) is 0.368. The Morgan fingerprint density at radius 1 is 1.24 bits per heavy atom. The lowest BCUT2D eigenvalue weighted by Gasteiger charge is -2.20. The second-order valence-corrected chi connectivity index (χ2v) is 6.55. The van der Waals surface area contributed by atoms with Gasteiger partial charge in [-0.25, -0.2) is 4.98 Å². The fourth-order valence-corrected chi connectivity index (χ4v) is 3.02. The van der Waals surface area contributed by atoms with Gasteiger partial charge in [-0.05, 0) is 49.1 Å². The standard InChI is InChI=1S/C19H22ClN3O2/c20-16-3-1-2-14(12-16)6-9-21-17-4-5-18(22-13-17)23-19(24)15-7-10-25-11-8-15/h1-5,12-13,15,21H,6-11H2,(H,22,23,24). The second kappa shape index (κ2) is 8.83. The zero-order chi connectivity index (χ0) is 17.5. The highest BCUT2D eigenvalue weighted by Gasteiger charge is 2.21. The van der Waals surface area contributed by atoms with Gasteiger partial charge in [-0.1, -0.05) is 23.7 Å². The third-order valence-electron chi connectivity index (χ3n) is 4.24. The number of aromatic nitrogens is 1. The Hall–Kier alpha value is -2.11. The van der Waals surface area contributed by atoms with Gasteiger partial charge < -0.3 is 15.4 Å². The molecule has 132 valence electrons. The lowest BCUT2D eigenvalue weighted by Crippen LogP contribution is -2.28. The molecule has 1 amide bonds. The van der Waals surface area contributed by atoms with Crippen molar-refractivity contribution in [3.63, 3.8) is 0 Å². The molecule has 0 aliphatic carbocycles. The Bertz CT molecular complexity index is 700. The van der Waals surface area contributed by atoms with Crippen LogP contribution in [0.3, 0.4) is 0 Å². The van der Waals surface area contributed by atoms with Gasteiger partial charge in [0.25, 0.3) is 0 Å². The van der Waals surface area contributed by atoms with Crippen LogP contribution in [0, 0.1) is 5.92 Å². The zero-order valence-electron chi connectivity index (χ0n) is 14.0. The molecule has 5 nitrogen and oxygen atoms in total. The van der Waals surface area contributed by atoms with E-state index in [1.54, 1.807) is 6.20 Å². The normalized spacial score (nSPS) is 14.9. The maximum absolute atomic E-state index is 12.2. The minimum Gasteiger partial charge on any atom is -0.383 e. The quantitative estimate of drug-likeness (QED) is 0.824. The van der Waals surface area contributed by atoms with Crippen LogP contribution in [-0.2, 0) is 16.0 Å². The lowest BCUT2D eigenvalue weighted by atomic mass is 9.99. The van der Waals surface area contributed by atoms with Crippen molar-refractivity contribution in [2.24, 2.45) is 5.92 Å². The van der Waals surface area contributed by atoms with Crippen LogP contribution in [0.4, 0.5) is 11.5 Å². The summed E-state index contributed by atoms with van der Waals surface area (Å²) in [4.78, 5) is 16.5. The van der Waals surface area contributed by atoms with Crippen LogP contribution in [0.2, 0.25) is 5.02 Å². The first-order valence-electron chi connectivity index (χ1n) is 8.54. The molecule has 6 heteroatoms. The van der Waals surface area contributed by atoms with E-state index in [2.05, 4.69) is 21.7 Å². The number of carbonyl (C=O) groups excluding carboxylic acids is 1. The van der Waals surface area contributed by atoms with E-state index >= 15 is 0 Å². The molecular weight excluding hydrogens is 338 g/mol. The van der Waals surface area contributed by atoms with Gasteiger partial charge in [0.15, 0.2) is 0 Å². The molecule has 1 aliphatic heterocycles. The summed E-state index contributed by atoms with van der Waals surface area (Å²) in [5.74, 6) is 0.625. The summed E-state index contributed by atoms with van der Waals surface area (Å²) in [5, 5.41) is 6.95. The van der Waals surface area contributed by atoms with E-state index in [9.17, 15) is 4.79 Å². The van der Waals surface area contributed by atoms with Crippen molar-refractivity contribution >= 4 is 29.0 Å². The van der Waals surface area contributed by atoms with Crippen LogP contribution >= 0.6 is 11.6 Å². The smallest absolute Gasteiger partial charge is 0.228 e. The van der Waals surface area contributed by atoms with Crippen LogP contribution in [0.25, 0.3) is 0 Å². The van der Waals surface area contributed by atoms with Gasteiger partial charge in [-0.2, -0.15) is 0 Å². The average Bonchev–Trinajstić information content (AvgIpc) is 2.64. The molecule has 0 spiro atoms.